The normalized spacial score (nSPS) is 12.0. The van der Waals surface area contributed by atoms with Crippen molar-refractivity contribution in [2.24, 2.45) is 0 Å². The molecule has 0 aliphatic rings. The van der Waals surface area contributed by atoms with Gasteiger partial charge in [-0.05, 0) is 48.0 Å². The molecular formula is C20H13F6NO3. The number of aliphatic hydroxyl groups excluding tert-OH is 1. The predicted octanol–water partition coefficient (Wildman–Crippen LogP) is 5.71. The molecule has 3 rings (SSSR count). The number of halogens is 6. The highest BCUT2D eigenvalue weighted by Crippen LogP contribution is 2.31. The zero-order valence-electron chi connectivity index (χ0n) is 15.0. The molecule has 0 saturated carbocycles. The molecule has 0 bridgehead atoms. The van der Waals surface area contributed by atoms with Crippen LogP contribution in [-0.4, -0.2) is 22.8 Å². The summed E-state index contributed by atoms with van der Waals surface area (Å²) in [5, 5.41) is 9.65. The predicted molar refractivity (Wildman–Crippen MR) is 94.4 cm³/mol. The zero-order valence-corrected chi connectivity index (χ0v) is 15.0. The highest BCUT2D eigenvalue weighted by atomic mass is 19.4. The second kappa shape index (κ2) is 8.23. The Bertz CT molecular complexity index is 999. The van der Waals surface area contributed by atoms with Crippen molar-refractivity contribution in [3.8, 4) is 33.9 Å². The molecule has 0 spiro atoms. The van der Waals surface area contributed by atoms with Gasteiger partial charge in [-0.25, -0.2) is 4.98 Å². The Labute approximate surface area is 166 Å². The van der Waals surface area contributed by atoms with Crippen LogP contribution in [0.2, 0.25) is 0 Å². The molecule has 0 aliphatic heterocycles. The number of rotatable bonds is 5. The summed E-state index contributed by atoms with van der Waals surface area (Å²) in [6.45, 7) is -0.459. The maximum atomic E-state index is 12.3. The van der Waals surface area contributed by atoms with E-state index in [0.29, 0.717) is 22.4 Å². The molecular weight excluding hydrogens is 416 g/mol. The van der Waals surface area contributed by atoms with Crippen LogP contribution in [0.25, 0.3) is 22.4 Å². The molecule has 0 fully saturated rings. The quantitative estimate of drug-likeness (QED) is 0.529. The first kappa shape index (κ1) is 21.4. The van der Waals surface area contributed by atoms with Gasteiger partial charge in [0.2, 0.25) is 0 Å². The van der Waals surface area contributed by atoms with Crippen molar-refractivity contribution in [3.63, 3.8) is 0 Å². The zero-order chi connectivity index (χ0) is 21.9. The van der Waals surface area contributed by atoms with Crippen LogP contribution in [0.1, 0.15) is 5.69 Å². The minimum Gasteiger partial charge on any atom is -0.406 e. The lowest BCUT2D eigenvalue weighted by Gasteiger charge is -2.12. The summed E-state index contributed by atoms with van der Waals surface area (Å²) < 4.78 is 81.2. The van der Waals surface area contributed by atoms with Crippen molar-refractivity contribution in [2.75, 3.05) is 0 Å². The Hall–Kier alpha value is -3.27. The fraction of sp³-hybridized carbons (Fsp3) is 0.150. The molecule has 0 radical (unpaired) electrons. The Balaban J connectivity index is 1.85. The SMILES string of the molecule is OCc1nc(-c2ccc(OC(F)(F)F)cc2)ccc1-c1ccc(OC(F)(F)F)cc1. The van der Waals surface area contributed by atoms with E-state index in [9.17, 15) is 31.4 Å². The Kier molecular flexibility index (Phi) is 5.88. The average Bonchev–Trinajstić information content (AvgIpc) is 2.66. The van der Waals surface area contributed by atoms with Gasteiger partial charge in [0.25, 0.3) is 0 Å². The second-order valence-electron chi connectivity index (χ2n) is 5.99. The number of nitrogens with zero attached hydrogens (tertiary/aromatic N) is 1. The van der Waals surface area contributed by atoms with Crippen LogP contribution in [0.3, 0.4) is 0 Å². The number of hydrogen-bond donors (Lipinski definition) is 1. The van der Waals surface area contributed by atoms with Crippen LogP contribution in [0.5, 0.6) is 11.5 Å². The van der Waals surface area contributed by atoms with E-state index in [1.165, 1.54) is 24.3 Å². The van der Waals surface area contributed by atoms with Gasteiger partial charge in [0.1, 0.15) is 11.5 Å². The van der Waals surface area contributed by atoms with Gasteiger partial charge >= 0.3 is 12.7 Å². The Morgan fingerprint density at radius 3 is 1.57 bits per heavy atom. The molecule has 10 heteroatoms. The lowest BCUT2D eigenvalue weighted by atomic mass is 10.0. The first-order chi connectivity index (χ1) is 14.0. The molecule has 0 amide bonds. The van der Waals surface area contributed by atoms with Crippen molar-refractivity contribution >= 4 is 0 Å². The van der Waals surface area contributed by atoms with E-state index in [-0.39, 0.29) is 17.2 Å². The van der Waals surface area contributed by atoms with Crippen molar-refractivity contribution in [1.82, 2.24) is 4.98 Å². The van der Waals surface area contributed by atoms with Crippen LogP contribution >= 0.6 is 0 Å². The van der Waals surface area contributed by atoms with Gasteiger partial charge < -0.3 is 14.6 Å². The number of pyridine rings is 1. The summed E-state index contributed by atoms with van der Waals surface area (Å²) in [6, 6.07) is 13.3. The van der Waals surface area contributed by atoms with Crippen LogP contribution < -0.4 is 9.47 Å². The maximum Gasteiger partial charge on any atom is 0.573 e. The third-order valence-corrected chi connectivity index (χ3v) is 3.91. The van der Waals surface area contributed by atoms with Gasteiger partial charge in [0.05, 0.1) is 18.0 Å². The summed E-state index contributed by atoms with van der Waals surface area (Å²) >= 11 is 0. The molecule has 0 saturated heterocycles. The summed E-state index contributed by atoms with van der Waals surface area (Å²) in [5.74, 6) is -0.769. The van der Waals surface area contributed by atoms with E-state index in [0.717, 1.165) is 24.3 Å². The molecule has 3 aromatic rings. The van der Waals surface area contributed by atoms with Crippen molar-refractivity contribution in [1.29, 1.82) is 0 Å². The number of benzene rings is 2. The van der Waals surface area contributed by atoms with Gasteiger partial charge in [0, 0.05) is 11.1 Å². The molecule has 0 unspecified atom stereocenters. The summed E-state index contributed by atoms with van der Waals surface area (Å²) in [6.07, 6.45) is -9.60. The minimum absolute atomic E-state index is 0.243. The van der Waals surface area contributed by atoms with E-state index in [4.69, 9.17) is 0 Å². The first-order valence-corrected chi connectivity index (χ1v) is 8.37. The third-order valence-electron chi connectivity index (χ3n) is 3.91. The fourth-order valence-electron chi connectivity index (χ4n) is 2.71. The van der Waals surface area contributed by atoms with Gasteiger partial charge in [-0.15, -0.1) is 26.3 Å². The van der Waals surface area contributed by atoms with Gasteiger partial charge in [-0.1, -0.05) is 18.2 Å². The molecule has 4 nitrogen and oxygen atoms in total. The molecule has 30 heavy (non-hydrogen) atoms. The molecule has 2 aromatic carbocycles. The van der Waals surface area contributed by atoms with Gasteiger partial charge in [-0.2, -0.15) is 0 Å². The highest BCUT2D eigenvalue weighted by Gasteiger charge is 2.31. The molecule has 1 aromatic heterocycles. The van der Waals surface area contributed by atoms with Crippen molar-refractivity contribution in [3.05, 3.63) is 66.4 Å². The summed E-state index contributed by atoms with van der Waals surface area (Å²) in [4.78, 5) is 4.30. The second-order valence-corrected chi connectivity index (χ2v) is 5.99. The summed E-state index contributed by atoms with van der Waals surface area (Å²) in [7, 11) is 0. The number of aromatic nitrogens is 1. The minimum atomic E-state index is -4.80. The van der Waals surface area contributed by atoms with E-state index in [2.05, 4.69) is 14.5 Å². The van der Waals surface area contributed by atoms with Crippen LogP contribution in [-0.2, 0) is 6.61 Å². The molecule has 1 heterocycles. The fourth-order valence-corrected chi connectivity index (χ4v) is 2.71. The van der Waals surface area contributed by atoms with Crippen molar-refractivity contribution in [2.45, 2.75) is 19.3 Å². The largest absolute Gasteiger partial charge is 0.573 e. The number of hydrogen-bond acceptors (Lipinski definition) is 4. The van der Waals surface area contributed by atoms with E-state index < -0.39 is 19.3 Å². The third kappa shape index (κ3) is 5.63. The maximum absolute atomic E-state index is 12.3. The van der Waals surface area contributed by atoms with Crippen molar-refractivity contribution < 1.29 is 40.9 Å². The number of aliphatic hydroxyl groups is 1. The number of ether oxygens (including phenoxy) is 2. The lowest BCUT2D eigenvalue weighted by Crippen LogP contribution is -2.17. The van der Waals surface area contributed by atoms with Crippen LogP contribution in [0.4, 0.5) is 26.3 Å². The smallest absolute Gasteiger partial charge is 0.406 e. The van der Waals surface area contributed by atoms with E-state index in [1.54, 1.807) is 12.1 Å². The standard InChI is InChI=1S/C20H13F6NO3/c21-19(22,23)29-14-5-1-12(2-6-14)16-9-10-17(27-18(16)11-28)13-3-7-15(8-4-13)30-20(24,25)26/h1-10,28H,11H2. The Morgan fingerprint density at radius 1 is 0.667 bits per heavy atom. The molecule has 0 aliphatic carbocycles. The Morgan fingerprint density at radius 2 is 1.13 bits per heavy atom. The van der Waals surface area contributed by atoms with Crippen LogP contribution in [0.15, 0.2) is 60.7 Å². The highest BCUT2D eigenvalue weighted by molar-refractivity contribution is 5.70. The molecule has 158 valence electrons. The lowest BCUT2D eigenvalue weighted by molar-refractivity contribution is -0.275. The summed E-state index contributed by atoms with van der Waals surface area (Å²) in [5.41, 5.74) is 2.10. The average molecular weight is 429 g/mol. The van der Waals surface area contributed by atoms with Gasteiger partial charge in [-0.3, -0.25) is 0 Å². The van der Waals surface area contributed by atoms with E-state index in [1.807, 2.05) is 0 Å². The monoisotopic (exact) mass is 429 g/mol. The molecule has 1 N–H and O–H groups in total. The number of alkyl halides is 6. The first-order valence-electron chi connectivity index (χ1n) is 8.37. The van der Waals surface area contributed by atoms with Gasteiger partial charge in [0.15, 0.2) is 0 Å². The van der Waals surface area contributed by atoms with E-state index >= 15 is 0 Å². The molecule has 0 atom stereocenters. The topological polar surface area (TPSA) is 51.6 Å². The van der Waals surface area contributed by atoms with Crippen LogP contribution in [0, 0.1) is 0 Å².